The number of hydrogen-bond acceptors (Lipinski definition) is 4. The molecule has 0 unspecified atom stereocenters. The van der Waals surface area contributed by atoms with Gasteiger partial charge in [0.05, 0.1) is 0 Å². The monoisotopic (exact) mass is 307 g/mol. The number of amides is 1. The zero-order valence-corrected chi connectivity index (χ0v) is 12.8. The van der Waals surface area contributed by atoms with E-state index in [4.69, 9.17) is 0 Å². The fourth-order valence-electron chi connectivity index (χ4n) is 2.38. The number of aromatic nitrogens is 4. The van der Waals surface area contributed by atoms with Crippen molar-refractivity contribution in [1.29, 1.82) is 0 Å². The van der Waals surface area contributed by atoms with E-state index in [9.17, 15) is 4.79 Å². The number of tetrazole rings is 1. The van der Waals surface area contributed by atoms with Gasteiger partial charge in [0.25, 0.3) is 0 Å². The molecule has 3 aromatic rings. The lowest BCUT2D eigenvalue weighted by Gasteiger charge is -2.10. The van der Waals surface area contributed by atoms with E-state index in [-0.39, 0.29) is 12.5 Å². The Morgan fingerprint density at radius 2 is 1.83 bits per heavy atom. The number of anilines is 1. The largest absolute Gasteiger partial charge is 0.324 e. The van der Waals surface area contributed by atoms with Crippen LogP contribution in [0.2, 0.25) is 0 Å². The summed E-state index contributed by atoms with van der Waals surface area (Å²) in [7, 11) is 0. The highest BCUT2D eigenvalue weighted by molar-refractivity contribution is 5.91. The van der Waals surface area contributed by atoms with Gasteiger partial charge in [-0.1, -0.05) is 55.5 Å². The summed E-state index contributed by atoms with van der Waals surface area (Å²) in [6.45, 7) is 2.12. The maximum absolute atomic E-state index is 12.3. The van der Waals surface area contributed by atoms with E-state index in [1.165, 1.54) is 4.68 Å². The molecule has 1 amide bonds. The topological polar surface area (TPSA) is 72.7 Å². The van der Waals surface area contributed by atoms with Gasteiger partial charge in [-0.3, -0.25) is 4.79 Å². The first-order valence-corrected chi connectivity index (χ1v) is 7.47. The molecule has 0 saturated heterocycles. The van der Waals surface area contributed by atoms with Gasteiger partial charge in [-0.05, 0) is 28.5 Å². The first-order chi connectivity index (χ1) is 11.3. The second-order valence-electron chi connectivity index (χ2n) is 5.09. The van der Waals surface area contributed by atoms with Gasteiger partial charge in [0.2, 0.25) is 5.91 Å². The molecule has 116 valence electrons. The molecule has 0 saturated carbocycles. The molecular formula is C17H17N5O. The third-order valence-corrected chi connectivity index (χ3v) is 3.53. The number of carbonyl (C=O) groups excluding carboxylic acids is 1. The number of benzene rings is 2. The van der Waals surface area contributed by atoms with Gasteiger partial charge in [0.1, 0.15) is 6.54 Å². The van der Waals surface area contributed by atoms with Crippen LogP contribution in [0.25, 0.3) is 11.4 Å². The minimum Gasteiger partial charge on any atom is -0.324 e. The summed E-state index contributed by atoms with van der Waals surface area (Å²) < 4.78 is 1.50. The maximum atomic E-state index is 12.3. The normalized spacial score (nSPS) is 10.5. The molecule has 2 aromatic carbocycles. The Morgan fingerprint density at radius 3 is 2.61 bits per heavy atom. The first kappa shape index (κ1) is 14.9. The highest BCUT2D eigenvalue weighted by Gasteiger charge is 2.13. The van der Waals surface area contributed by atoms with E-state index >= 15 is 0 Å². The highest BCUT2D eigenvalue weighted by Crippen LogP contribution is 2.17. The quantitative estimate of drug-likeness (QED) is 0.786. The van der Waals surface area contributed by atoms with Crippen LogP contribution < -0.4 is 5.32 Å². The van der Waals surface area contributed by atoms with Crippen molar-refractivity contribution in [2.45, 2.75) is 19.9 Å². The molecule has 3 rings (SSSR count). The lowest BCUT2D eigenvalue weighted by atomic mass is 10.1. The van der Waals surface area contributed by atoms with E-state index in [2.05, 4.69) is 27.8 Å². The van der Waals surface area contributed by atoms with E-state index in [1.807, 2.05) is 54.6 Å². The lowest BCUT2D eigenvalue weighted by Crippen LogP contribution is -2.21. The number of carbonyl (C=O) groups is 1. The Bertz CT molecular complexity index is 798. The molecule has 1 N–H and O–H groups in total. The minimum absolute atomic E-state index is 0.0648. The summed E-state index contributed by atoms with van der Waals surface area (Å²) in [5.74, 6) is 0.417. The van der Waals surface area contributed by atoms with Crippen molar-refractivity contribution < 1.29 is 4.79 Å². The molecule has 23 heavy (non-hydrogen) atoms. The van der Waals surface area contributed by atoms with Crippen LogP contribution in [0.4, 0.5) is 5.69 Å². The van der Waals surface area contributed by atoms with Crippen LogP contribution >= 0.6 is 0 Å². The van der Waals surface area contributed by atoms with E-state index in [0.29, 0.717) is 5.82 Å². The zero-order valence-electron chi connectivity index (χ0n) is 12.8. The molecule has 0 aliphatic heterocycles. The van der Waals surface area contributed by atoms with Gasteiger partial charge in [0, 0.05) is 11.3 Å². The van der Waals surface area contributed by atoms with Crippen molar-refractivity contribution in [2.24, 2.45) is 0 Å². The SMILES string of the molecule is CCc1ccccc1NC(=O)Cn1nnnc1-c1ccccc1. The van der Waals surface area contributed by atoms with Crippen LogP contribution in [0.5, 0.6) is 0 Å². The summed E-state index contributed by atoms with van der Waals surface area (Å²) >= 11 is 0. The molecule has 0 aliphatic rings. The predicted octanol–water partition coefficient (Wildman–Crippen LogP) is 2.54. The van der Waals surface area contributed by atoms with Crippen LogP contribution in [0, 0.1) is 0 Å². The number of nitrogens with one attached hydrogen (secondary N) is 1. The molecule has 0 radical (unpaired) electrons. The molecular weight excluding hydrogens is 290 g/mol. The zero-order chi connectivity index (χ0) is 16.1. The molecule has 6 nitrogen and oxygen atoms in total. The molecule has 0 bridgehead atoms. The van der Waals surface area contributed by atoms with Crippen molar-refractivity contribution in [1.82, 2.24) is 20.2 Å². The van der Waals surface area contributed by atoms with Gasteiger partial charge in [-0.25, -0.2) is 4.68 Å². The highest BCUT2D eigenvalue weighted by atomic mass is 16.2. The Labute approximate surface area is 134 Å². The summed E-state index contributed by atoms with van der Waals surface area (Å²) in [4.78, 5) is 12.3. The first-order valence-electron chi connectivity index (χ1n) is 7.47. The molecule has 1 aromatic heterocycles. The fourth-order valence-corrected chi connectivity index (χ4v) is 2.38. The molecule has 1 heterocycles. The molecule has 6 heteroatoms. The van der Waals surface area contributed by atoms with Crippen LogP contribution in [-0.4, -0.2) is 26.1 Å². The fraction of sp³-hybridized carbons (Fsp3) is 0.176. The number of rotatable bonds is 5. The van der Waals surface area contributed by atoms with E-state index in [1.54, 1.807) is 0 Å². The van der Waals surface area contributed by atoms with Crippen molar-refractivity contribution in [2.75, 3.05) is 5.32 Å². The number of aryl methyl sites for hydroxylation is 1. The van der Waals surface area contributed by atoms with Gasteiger partial charge in [-0.2, -0.15) is 0 Å². The van der Waals surface area contributed by atoms with E-state index in [0.717, 1.165) is 23.2 Å². The Balaban J connectivity index is 1.76. The Hall–Kier alpha value is -3.02. The third kappa shape index (κ3) is 3.42. The summed E-state index contributed by atoms with van der Waals surface area (Å²) in [6, 6.07) is 17.3. The van der Waals surface area contributed by atoms with Crippen molar-refractivity contribution >= 4 is 11.6 Å². The maximum Gasteiger partial charge on any atom is 0.246 e. The standard InChI is InChI=1S/C17H17N5O/c1-2-13-8-6-7-11-15(13)18-16(23)12-22-17(19-20-21-22)14-9-4-3-5-10-14/h3-11H,2,12H2,1H3,(H,18,23). The number of nitrogens with zero attached hydrogens (tertiary/aromatic N) is 4. The smallest absolute Gasteiger partial charge is 0.246 e. The van der Waals surface area contributed by atoms with Crippen molar-refractivity contribution in [3.63, 3.8) is 0 Å². The third-order valence-electron chi connectivity index (χ3n) is 3.53. The van der Waals surface area contributed by atoms with Crippen LogP contribution in [-0.2, 0) is 17.8 Å². The van der Waals surface area contributed by atoms with Crippen LogP contribution in [0.1, 0.15) is 12.5 Å². The lowest BCUT2D eigenvalue weighted by molar-refractivity contribution is -0.116. The second-order valence-corrected chi connectivity index (χ2v) is 5.09. The number of hydrogen-bond donors (Lipinski definition) is 1. The van der Waals surface area contributed by atoms with Gasteiger partial charge in [0.15, 0.2) is 5.82 Å². The molecule has 0 atom stereocenters. The summed E-state index contributed by atoms with van der Waals surface area (Å²) in [5.41, 5.74) is 2.80. The predicted molar refractivity (Wildman–Crippen MR) is 87.7 cm³/mol. The molecule has 0 spiro atoms. The van der Waals surface area contributed by atoms with E-state index < -0.39 is 0 Å². The van der Waals surface area contributed by atoms with Crippen molar-refractivity contribution in [3.05, 3.63) is 60.2 Å². The molecule has 0 aliphatic carbocycles. The summed E-state index contributed by atoms with van der Waals surface area (Å²) in [5, 5.41) is 14.5. The molecule has 0 fully saturated rings. The number of para-hydroxylation sites is 1. The Kier molecular flexibility index (Phi) is 4.42. The second kappa shape index (κ2) is 6.83. The van der Waals surface area contributed by atoms with Gasteiger partial charge in [-0.15, -0.1) is 5.10 Å². The summed E-state index contributed by atoms with van der Waals surface area (Å²) in [6.07, 6.45) is 0.858. The van der Waals surface area contributed by atoms with Gasteiger partial charge < -0.3 is 5.32 Å². The van der Waals surface area contributed by atoms with Crippen LogP contribution in [0.3, 0.4) is 0 Å². The van der Waals surface area contributed by atoms with Gasteiger partial charge >= 0.3 is 0 Å². The van der Waals surface area contributed by atoms with Crippen molar-refractivity contribution in [3.8, 4) is 11.4 Å². The minimum atomic E-state index is -0.157. The average molecular weight is 307 g/mol. The average Bonchev–Trinajstić information content (AvgIpc) is 3.04. The Morgan fingerprint density at radius 1 is 1.09 bits per heavy atom. The van der Waals surface area contributed by atoms with Crippen LogP contribution in [0.15, 0.2) is 54.6 Å².